The summed E-state index contributed by atoms with van der Waals surface area (Å²) in [6, 6.07) is 3.63. The van der Waals surface area contributed by atoms with Crippen molar-refractivity contribution in [3.8, 4) is 5.88 Å². The Hall–Kier alpha value is -1.37. The van der Waals surface area contributed by atoms with Gasteiger partial charge in [0.1, 0.15) is 16.3 Å². The van der Waals surface area contributed by atoms with Crippen LogP contribution in [-0.4, -0.2) is 44.0 Å². The fraction of sp³-hybridized carbons (Fsp3) is 0.722. The van der Waals surface area contributed by atoms with Crippen LogP contribution >= 0.6 is 15.9 Å². The van der Waals surface area contributed by atoms with Crippen LogP contribution in [0.2, 0.25) is 0 Å². The molecular weight excluding hydrogens is 386 g/mol. The number of piperidine rings is 1. The van der Waals surface area contributed by atoms with Gasteiger partial charge < -0.3 is 9.47 Å². The van der Waals surface area contributed by atoms with Gasteiger partial charge in [0.2, 0.25) is 5.88 Å². The van der Waals surface area contributed by atoms with Gasteiger partial charge >= 0.3 is 6.09 Å². The van der Waals surface area contributed by atoms with Crippen LogP contribution in [0.25, 0.3) is 0 Å². The van der Waals surface area contributed by atoms with E-state index in [1.165, 1.54) is 0 Å². The zero-order valence-corrected chi connectivity index (χ0v) is 17.1. The lowest BCUT2D eigenvalue weighted by molar-refractivity contribution is -0.0584. The van der Waals surface area contributed by atoms with Crippen molar-refractivity contribution >= 4 is 22.0 Å². The Labute approximate surface area is 157 Å². The normalized spacial score (nSPS) is 31.8. The maximum atomic E-state index is 12.8. The topological polar surface area (TPSA) is 64.5 Å². The minimum absolute atomic E-state index is 0.00617. The van der Waals surface area contributed by atoms with E-state index in [9.17, 15) is 4.79 Å². The Bertz CT molecular complexity index is 641. The Kier molecular flexibility index (Phi) is 4.50. The van der Waals surface area contributed by atoms with Crippen molar-refractivity contribution in [1.29, 1.82) is 0 Å². The van der Waals surface area contributed by atoms with E-state index in [1.54, 1.807) is 0 Å². The van der Waals surface area contributed by atoms with Crippen molar-refractivity contribution in [2.45, 2.75) is 83.1 Å². The molecule has 2 saturated heterocycles. The molecule has 6 nitrogen and oxygen atoms in total. The van der Waals surface area contributed by atoms with Crippen LogP contribution in [0.4, 0.5) is 4.79 Å². The van der Waals surface area contributed by atoms with E-state index >= 15 is 0 Å². The number of ether oxygens (including phenoxy) is 2. The molecule has 7 heteroatoms. The zero-order valence-electron chi connectivity index (χ0n) is 15.5. The fourth-order valence-electron chi connectivity index (χ4n) is 4.22. The predicted molar refractivity (Wildman–Crippen MR) is 97.5 cm³/mol. The molecule has 2 atom stereocenters. The minimum atomic E-state index is -0.496. The van der Waals surface area contributed by atoms with Gasteiger partial charge in [-0.15, -0.1) is 10.2 Å². The molecule has 2 bridgehead atoms. The monoisotopic (exact) mass is 411 g/mol. The van der Waals surface area contributed by atoms with Crippen molar-refractivity contribution in [2.75, 3.05) is 0 Å². The number of hydrogen-bond donors (Lipinski definition) is 0. The lowest BCUT2D eigenvalue weighted by Gasteiger charge is -2.50. The number of rotatable bonds is 2. The van der Waals surface area contributed by atoms with Gasteiger partial charge in [0.25, 0.3) is 0 Å². The second kappa shape index (κ2) is 6.11. The highest BCUT2D eigenvalue weighted by Gasteiger charge is 2.59. The largest absolute Gasteiger partial charge is 0.473 e. The van der Waals surface area contributed by atoms with Crippen LogP contribution in [0, 0.1) is 0 Å². The van der Waals surface area contributed by atoms with Crippen molar-refractivity contribution in [1.82, 2.24) is 15.1 Å². The van der Waals surface area contributed by atoms with Gasteiger partial charge in [0, 0.05) is 30.0 Å². The Morgan fingerprint density at radius 3 is 2.28 bits per heavy atom. The summed E-state index contributed by atoms with van der Waals surface area (Å²) in [4.78, 5) is 14.8. The fourth-order valence-corrected chi connectivity index (χ4v) is 4.43. The smallest absolute Gasteiger partial charge is 0.411 e. The van der Waals surface area contributed by atoms with Crippen molar-refractivity contribution in [3.63, 3.8) is 0 Å². The number of nitrogens with zero attached hydrogens (tertiary/aromatic N) is 3. The molecule has 0 N–H and O–H groups in total. The van der Waals surface area contributed by atoms with Crippen LogP contribution in [0.3, 0.4) is 0 Å². The van der Waals surface area contributed by atoms with E-state index in [4.69, 9.17) is 9.47 Å². The molecule has 138 valence electrons. The summed E-state index contributed by atoms with van der Waals surface area (Å²) in [5, 5.41) is 8.04. The summed E-state index contributed by atoms with van der Waals surface area (Å²) in [6.07, 6.45) is 3.21. The van der Waals surface area contributed by atoms with Gasteiger partial charge in [0.15, 0.2) is 0 Å². The third-order valence-electron chi connectivity index (χ3n) is 5.09. The summed E-state index contributed by atoms with van der Waals surface area (Å²) >= 11 is 3.28. The molecule has 0 saturated carbocycles. The second-order valence-corrected chi connectivity index (χ2v) is 9.46. The van der Waals surface area contributed by atoms with Gasteiger partial charge in [-0.2, -0.15) is 0 Å². The van der Waals surface area contributed by atoms with Crippen molar-refractivity contribution < 1.29 is 14.3 Å². The van der Waals surface area contributed by atoms with Gasteiger partial charge in [-0.3, -0.25) is 4.90 Å². The molecule has 0 aromatic carbocycles. The molecule has 1 aromatic rings. The molecule has 25 heavy (non-hydrogen) atoms. The number of amides is 1. The summed E-state index contributed by atoms with van der Waals surface area (Å²) < 4.78 is 12.4. The van der Waals surface area contributed by atoms with Crippen LogP contribution in [-0.2, 0) is 4.74 Å². The van der Waals surface area contributed by atoms with E-state index in [0.29, 0.717) is 10.5 Å². The number of fused-ring (bicyclic) bond motifs is 2. The summed E-state index contributed by atoms with van der Waals surface area (Å²) in [5.74, 6) is 0.519. The molecule has 1 aromatic heterocycles. The Morgan fingerprint density at radius 1 is 1.20 bits per heavy atom. The molecule has 2 unspecified atom stereocenters. The highest BCUT2D eigenvalue weighted by Crippen LogP contribution is 2.51. The Balaban J connectivity index is 1.77. The number of halogens is 1. The molecular formula is C18H26BrN3O3. The Morgan fingerprint density at radius 2 is 1.80 bits per heavy atom. The lowest BCUT2D eigenvalue weighted by Crippen LogP contribution is -2.62. The molecule has 2 fully saturated rings. The lowest BCUT2D eigenvalue weighted by atomic mass is 9.84. The molecule has 0 aliphatic carbocycles. The number of hydrogen-bond acceptors (Lipinski definition) is 5. The molecule has 3 heterocycles. The molecule has 0 spiro atoms. The molecule has 3 rings (SSSR count). The van der Waals surface area contributed by atoms with Gasteiger partial charge in [-0.25, -0.2) is 4.79 Å². The SMILES string of the molecule is CC(C)(C)OC(=O)N1C2(C)CCC1(C)CC(Oc1ccc(Br)nn1)C2. The summed E-state index contributed by atoms with van der Waals surface area (Å²) in [6.45, 7) is 9.97. The summed E-state index contributed by atoms with van der Waals surface area (Å²) in [7, 11) is 0. The molecule has 2 aliphatic heterocycles. The van der Waals surface area contributed by atoms with Crippen LogP contribution in [0.5, 0.6) is 5.88 Å². The number of carbonyl (C=O) groups excluding carboxylic acids is 1. The standard InChI is InChI=1S/C18H26BrN3O3/c1-16(2,3)25-15(23)22-17(4)8-9-18(22,5)11-12(10-17)24-14-7-6-13(19)20-21-14/h6-7,12H,8-11H2,1-5H3. The highest BCUT2D eigenvalue weighted by atomic mass is 79.9. The first kappa shape index (κ1) is 18.4. The quantitative estimate of drug-likeness (QED) is 0.724. The predicted octanol–water partition coefficient (Wildman–Crippen LogP) is 4.33. The van der Waals surface area contributed by atoms with Gasteiger partial charge in [0.05, 0.1) is 0 Å². The first-order chi connectivity index (χ1) is 11.5. The van der Waals surface area contributed by atoms with E-state index in [-0.39, 0.29) is 23.3 Å². The van der Waals surface area contributed by atoms with Crippen LogP contribution in [0.1, 0.15) is 60.3 Å². The van der Waals surface area contributed by atoms with Crippen molar-refractivity contribution in [3.05, 3.63) is 16.7 Å². The maximum Gasteiger partial charge on any atom is 0.411 e. The average molecular weight is 412 g/mol. The molecule has 2 aliphatic rings. The van der Waals surface area contributed by atoms with Gasteiger partial charge in [-0.05, 0) is 69.5 Å². The average Bonchev–Trinajstić information content (AvgIpc) is 2.63. The van der Waals surface area contributed by atoms with E-state index in [1.807, 2.05) is 37.8 Å². The highest BCUT2D eigenvalue weighted by molar-refractivity contribution is 9.10. The number of aromatic nitrogens is 2. The zero-order chi connectivity index (χ0) is 18.5. The van der Waals surface area contributed by atoms with Gasteiger partial charge in [-0.1, -0.05) is 0 Å². The third kappa shape index (κ3) is 3.76. The summed E-state index contributed by atoms with van der Waals surface area (Å²) in [5.41, 5.74) is -1.02. The van der Waals surface area contributed by atoms with Crippen molar-refractivity contribution in [2.24, 2.45) is 0 Å². The minimum Gasteiger partial charge on any atom is -0.473 e. The first-order valence-electron chi connectivity index (χ1n) is 8.70. The molecule has 1 amide bonds. The maximum absolute atomic E-state index is 12.8. The van der Waals surface area contributed by atoms with E-state index in [0.717, 1.165) is 25.7 Å². The van der Waals surface area contributed by atoms with Crippen LogP contribution in [0.15, 0.2) is 16.7 Å². The van der Waals surface area contributed by atoms with E-state index < -0.39 is 5.60 Å². The number of carbonyl (C=O) groups is 1. The second-order valence-electron chi connectivity index (χ2n) is 8.65. The molecule has 0 radical (unpaired) electrons. The first-order valence-corrected chi connectivity index (χ1v) is 9.49. The third-order valence-corrected chi connectivity index (χ3v) is 5.51. The van der Waals surface area contributed by atoms with E-state index in [2.05, 4.69) is 40.0 Å². The van der Waals surface area contributed by atoms with Crippen LogP contribution < -0.4 is 4.74 Å².